The molecule has 0 aliphatic heterocycles. The average molecular weight is 393 g/mol. The summed E-state index contributed by atoms with van der Waals surface area (Å²) in [6, 6.07) is 0. The zero-order chi connectivity index (χ0) is 20.3. The van der Waals surface area contributed by atoms with E-state index in [1.807, 2.05) is 0 Å². The van der Waals surface area contributed by atoms with Gasteiger partial charge in [0.15, 0.2) is 0 Å². The molecule has 4 nitrogen and oxygen atoms in total. The standard InChI is InChI=1S/C24H40O4/c1-14(4-9-22(27)28)18-7-8-19-17-6-5-15-12-16(25)10-11-23(15,2)20(17)13-21(26)24(18,19)3/h14-21,25-26H,4-13H2,1-3H3,(H,27,28)/t14-,15-,16+,17+,18-,19+,20-,21-,23+,24-/m1/s1. The highest BCUT2D eigenvalue weighted by atomic mass is 16.4. The molecule has 0 unspecified atom stereocenters. The summed E-state index contributed by atoms with van der Waals surface area (Å²) < 4.78 is 0. The van der Waals surface area contributed by atoms with E-state index in [4.69, 9.17) is 5.11 Å². The first kappa shape index (κ1) is 20.7. The van der Waals surface area contributed by atoms with Gasteiger partial charge in [-0.2, -0.15) is 0 Å². The van der Waals surface area contributed by atoms with Crippen molar-refractivity contribution in [3.63, 3.8) is 0 Å². The molecule has 10 atom stereocenters. The minimum atomic E-state index is -0.707. The van der Waals surface area contributed by atoms with E-state index in [0.717, 1.165) is 38.5 Å². The van der Waals surface area contributed by atoms with Crippen LogP contribution in [0.15, 0.2) is 0 Å². The molecule has 4 rings (SSSR count). The van der Waals surface area contributed by atoms with Gasteiger partial charge in [-0.1, -0.05) is 20.8 Å². The van der Waals surface area contributed by atoms with E-state index < -0.39 is 5.97 Å². The molecule has 0 saturated heterocycles. The number of fused-ring (bicyclic) bond motifs is 5. The first-order valence-corrected chi connectivity index (χ1v) is 11.8. The highest BCUT2D eigenvalue weighted by Crippen LogP contribution is 2.68. The fraction of sp³-hybridized carbons (Fsp3) is 0.958. The summed E-state index contributed by atoms with van der Waals surface area (Å²) in [7, 11) is 0. The van der Waals surface area contributed by atoms with Crippen molar-refractivity contribution in [2.45, 2.75) is 97.2 Å². The van der Waals surface area contributed by atoms with Crippen LogP contribution in [0.4, 0.5) is 0 Å². The summed E-state index contributed by atoms with van der Waals surface area (Å²) in [5, 5.41) is 30.8. The van der Waals surface area contributed by atoms with Gasteiger partial charge in [0.1, 0.15) is 0 Å². The Labute approximate surface area is 170 Å². The van der Waals surface area contributed by atoms with Gasteiger partial charge >= 0.3 is 5.97 Å². The molecule has 160 valence electrons. The first-order valence-electron chi connectivity index (χ1n) is 11.8. The van der Waals surface area contributed by atoms with E-state index in [0.29, 0.717) is 35.5 Å². The van der Waals surface area contributed by atoms with Gasteiger partial charge in [-0.15, -0.1) is 0 Å². The fourth-order valence-electron chi connectivity index (χ4n) is 8.71. The summed E-state index contributed by atoms with van der Waals surface area (Å²) in [6.07, 6.45) is 9.26. The Morgan fingerprint density at radius 3 is 2.50 bits per heavy atom. The van der Waals surface area contributed by atoms with Gasteiger partial charge in [0.2, 0.25) is 0 Å². The van der Waals surface area contributed by atoms with Gasteiger partial charge in [-0.25, -0.2) is 0 Å². The van der Waals surface area contributed by atoms with Crippen LogP contribution in [-0.4, -0.2) is 33.5 Å². The Morgan fingerprint density at radius 2 is 1.79 bits per heavy atom. The lowest BCUT2D eigenvalue weighted by Gasteiger charge is -2.62. The smallest absolute Gasteiger partial charge is 0.303 e. The third-order valence-electron chi connectivity index (χ3n) is 10.3. The molecule has 0 heterocycles. The third-order valence-corrected chi connectivity index (χ3v) is 10.3. The highest BCUT2D eigenvalue weighted by Gasteiger charge is 2.63. The molecule has 0 bridgehead atoms. The molecule has 0 amide bonds. The number of aliphatic carboxylic acids is 1. The summed E-state index contributed by atoms with van der Waals surface area (Å²) >= 11 is 0. The van der Waals surface area contributed by atoms with Crippen LogP contribution in [0.1, 0.15) is 85.0 Å². The minimum absolute atomic E-state index is 0.0591. The summed E-state index contributed by atoms with van der Waals surface area (Å²) in [6.45, 7) is 6.99. The largest absolute Gasteiger partial charge is 0.481 e. The molecule has 4 saturated carbocycles. The van der Waals surface area contributed by atoms with Crippen LogP contribution in [-0.2, 0) is 4.79 Å². The Bertz CT molecular complexity index is 605. The molecule has 4 aliphatic carbocycles. The van der Waals surface area contributed by atoms with Crippen molar-refractivity contribution in [3.05, 3.63) is 0 Å². The second-order valence-electron chi connectivity index (χ2n) is 11.3. The summed E-state index contributed by atoms with van der Waals surface area (Å²) in [5.41, 5.74) is 0.216. The van der Waals surface area contributed by atoms with E-state index in [1.165, 1.54) is 19.3 Å². The van der Waals surface area contributed by atoms with Crippen LogP contribution in [0, 0.1) is 46.3 Å². The van der Waals surface area contributed by atoms with Crippen LogP contribution in [0.2, 0.25) is 0 Å². The molecule has 4 aliphatic rings. The summed E-state index contributed by atoms with van der Waals surface area (Å²) in [4.78, 5) is 11.1. The van der Waals surface area contributed by atoms with E-state index in [9.17, 15) is 15.0 Å². The van der Waals surface area contributed by atoms with Gasteiger partial charge in [-0.05, 0) is 104 Å². The number of hydrogen-bond acceptors (Lipinski definition) is 3. The molecule has 3 N–H and O–H groups in total. The molecule has 0 radical (unpaired) electrons. The molecule has 0 spiro atoms. The van der Waals surface area contributed by atoms with Crippen molar-refractivity contribution in [1.82, 2.24) is 0 Å². The van der Waals surface area contributed by atoms with Crippen LogP contribution in [0.5, 0.6) is 0 Å². The van der Waals surface area contributed by atoms with Crippen LogP contribution in [0.25, 0.3) is 0 Å². The molecular formula is C24H40O4. The van der Waals surface area contributed by atoms with Crippen LogP contribution < -0.4 is 0 Å². The predicted octanol–water partition coefficient (Wildman–Crippen LogP) is 4.48. The average Bonchev–Trinajstić information content (AvgIpc) is 3.00. The van der Waals surface area contributed by atoms with E-state index in [1.54, 1.807) is 0 Å². The maximum Gasteiger partial charge on any atom is 0.303 e. The lowest BCUT2D eigenvalue weighted by atomic mass is 9.43. The lowest BCUT2D eigenvalue weighted by Crippen LogP contribution is -2.58. The zero-order valence-electron chi connectivity index (χ0n) is 17.9. The maximum absolute atomic E-state index is 11.5. The normalized spacial score (nSPS) is 51.7. The Kier molecular flexibility index (Phi) is 5.36. The van der Waals surface area contributed by atoms with Crippen molar-refractivity contribution >= 4 is 5.97 Å². The van der Waals surface area contributed by atoms with E-state index >= 15 is 0 Å². The van der Waals surface area contributed by atoms with Gasteiger partial charge in [0.05, 0.1) is 12.2 Å². The first-order chi connectivity index (χ1) is 13.2. The van der Waals surface area contributed by atoms with Crippen LogP contribution in [0.3, 0.4) is 0 Å². The SMILES string of the molecule is C[C@H](CCC(=O)O)[C@H]1CC[C@H]2[C@@H]3CC[C@@H]4C[C@@H](O)CC[C@]4(C)[C@@H]3C[C@@H](O)[C@]12C. The monoisotopic (exact) mass is 392 g/mol. The number of hydrogen-bond donors (Lipinski definition) is 3. The number of carboxylic acid groups (broad SMARTS) is 1. The number of carbonyl (C=O) groups is 1. The maximum atomic E-state index is 11.5. The third kappa shape index (κ3) is 3.05. The number of rotatable bonds is 4. The molecule has 4 heteroatoms. The number of aliphatic hydroxyl groups excluding tert-OH is 2. The van der Waals surface area contributed by atoms with Gasteiger partial charge < -0.3 is 15.3 Å². The van der Waals surface area contributed by atoms with Gasteiger partial charge in [-0.3, -0.25) is 4.79 Å². The van der Waals surface area contributed by atoms with Gasteiger partial charge in [0.25, 0.3) is 0 Å². The van der Waals surface area contributed by atoms with Crippen molar-refractivity contribution < 1.29 is 20.1 Å². The highest BCUT2D eigenvalue weighted by molar-refractivity contribution is 5.66. The molecule has 0 aromatic carbocycles. The van der Waals surface area contributed by atoms with E-state index in [-0.39, 0.29) is 29.5 Å². The number of aliphatic hydroxyl groups is 2. The Balaban J connectivity index is 1.56. The fourth-order valence-corrected chi connectivity index (χ4v) is 8.71. The topological polar surface area (TPSA) is 77.8 Å². The summed E-state index contributed by atoms with van der Waals surface area (Å²) in [5.74, 6) is 2.55. The predicted molar refractivity (Wildman–Crippen MR) is 109 cm³/mol. The van der Waals surface area contributed by atoms with Crippen molar-refractivity contribution in [2.75, 3.05) is 0 Å². The van der Waals surface area contributed by atoms with Crippen molar-refractivity contribution in [1.29, 1.82) is 0 Å². The van der Waals surface area contributed by atoms with Crippen molar-refractivity contribution in [2.24, 2.45) is 46.3 Å². The van der Waals surface area contributed by atoms with E-state index in [2.05, 4.69) is 20.8 Å². The quantitative estimate of drug-likeness (QED) is 0.659. The molecule has 0 aromatic rings. The second kappa shape index (κ2) is 7.27. The Hall–Kier alpha value is -0.610. The van der Waals surface area contributed by atoms with Crippen molar-refractivity contribution in [3.8, 4) is 0 Å². The molecule has 28 heavy (non-hydrogen) atoms. The lowest BCUT2D eigenvalue weighted by molar-refractivity contribution is -0.175. The molecule has 0 aromatic heterocycles. The zero-order valence-corrected chi connectivity index (χ0v) is 17.9. The minimum Gasteiger partial charge on any atom is -0.481 e. The molecular weight excluding hydrogens is 352 g/mol. The Morgan fingerprint density at radius 1 is 1.04 bits per heavy atom. The second-order valence-corrected chi connectivity index (χ2v) is 11.3. The van der Waals surface area contributed by atoms with Gasteiger partial charge in [0, 0.05) is 6.42 Å². The van der Waals surface area contributed by atoms with Crippen LogP contribution >= 0.6 is 0 Å². The number of carboxylic acids is 1. The molecule has 4 fully saturated rings.